The van der Waals surface area contributed by atoms with Crippen LogP contribution in [0.3, 0.4) is 0 Å². The summed E-state index contributed by atoms with van der Waals surface area (Å²) in [7, 11) is 1.64. The van der Waals surface area contributed by atoms with E-state index in [1.165, 1.54) is 6.07 Å². The van der Waals surface area contributed by atoms with Crippen molar-refractivity contribution in [1.29, 1.82) is 0 Å². The van der Waals surface area contributed by atoms with Crippen molar-refractivity contribution in [2.45, 2.75) is 25.5 Å². The number of halogens is 1. The monoisotopic (exact) mass is 241 g/mol. The Hall–Kier alpha value is -0.970. The molecule has 1 rings (SSSR count). The molecule has 0 saturated heterocycles. The predicted octanol–water partition coefficient (Wildman–Crippen LogP) is 2.27. The third-order valence-electron chi connectivity index (χ3n) is 2.48. The lowest BCUT2D eigenvalue weighted by molar-refractivity contribution is 0.0244. The van der Waals surface area contributed by atoms with E-state index in [1.54, 1.807) is 25.3 Å². The molecule has 0 aliphatic carbocycles. The van der Waals surface area contributed by atoms with E-state index in [0.29, 0.717) is 18.8 Å². The summed E-state index contributed by atoms with van der Waals surface area (Å²) in [4.78, 5) is 0. The van der Waals surface area contributed by atoms with Crippen LogP contribution in [0, 0.1) is 5.82 Å². The lowest BCUT2D eigenvalue weighted by Crippen LogP contribution is -2.28. The first-order chi connectivity index (χ1) is 8.16. The normalized spacial score (nSPS) is 14.6. The van der Waals surface area contributed by atoms with Gasteiger partial charge in [-0.3, -0.25) is 0 Å². The minimum absolute atomic E-state index is 0.255. The van der Waals surface area contributed by atoms with Crippen LogP contribution in [-0.4, -0.2) is 26.4 Å². The third kappa shape index (κ3) is 4.42. The average molecular weight is 241 g/mol. The highest BCUT2D eigenvalue weighted by molar-refractivity contribution is 5.21. The van der Waals surface area contributed by atoms with Gasteiger partial charge in [-0.05, 0) is 19.4 Å². The van der Waals surface area contributed by atoms with E-state index in [4.69, 9.17) is 15.2 Å². The van der Waals surface area contributed by atoms with Gasteiger partial charge in [-0.1, -0.05) is 18.2 Å². The summed E-state index contributed by atoms with van der Waals surface area (Å²) < 4.78 is 24.2. The average Bonchev–Trinajstić information content (AvgIpc) is 2.30. The van der Waals surface area contributed by atoms with E-state index in [0.717, 1.165) is 6.42 Å². The van der Waals surface area contributed by atoms with E-state index in [-0.39, 0.29) is 11.9 Å². The van der Waals surface area contributed by atoms with E-state index >= 15 is 0 Å². The second-order valence-electron chi connectivity index (χ2n) is 4.02. The first-order valence-electron chi connectivity index (χ1n) is 5.77. The van der Waals surface area contributed by atoms with Crippen molar-refractivity contribution in [2.75, 3.05) is 20.3 Å². The van der Waals surface area contributed by atoms with Gasteiger partial charge in [-0.15, -0.1) is 0 Å². The van der Waals surface area contributed by atoms with Gasteiger partial charge in [0.05, 0.1) is 0 Å². The largest absolute Gasteiger partial charge is 0.385 e. The minimum Gasteiger partial charge on any atom is -0.385 e. The number of hydrogen-bond donors (Lipinski definition) is 1. The SMILES string of the molecule is COCCCOC(c1ccccc1F)C(C)N. The van der Waals surface area contributed by atoms with Crippen LogP contribution in [0.1, 0.15) is 25.0 Å². The molecule has 0 aromatic heterocycles. The first kappa shape index (κ1) is 14.1. The van der Waals surface area contributed by atoms with Gasteiger partial charge in [-0.25, -0.2) is 4.39 Å². The van der Waals surface area contributed by atoms with Crippen molar-refractivity contribution >= 4 is 0 Å². The quantitative estimate of drug-likeness (QED) is 0.745. The number of rotatable bonds is 7. The number of benzene rings is 1. The van der Waals surface area contributed by atoms with E-state index in [2.05, 4.69) is 0 Å². The summed E-state index contributed by atoms with van der Waals surface area (Å²) in [5.41, 5.74) is 6.34. The number of nitrogens with two attached hydrogens (primary N) is 1. The molecular weight excluding hydrogens is 221 g/mol. The first-order valence-corrected chi connectivity index (χ1v) is 5.77. The van der Waals surface area contributed by atoms with Crippen molar-refractivity contribution in [1.82, 2.24) is 0 Å². The molecule has 2 unspecified atom stereocenters. The van der Waals surface area contributed by atoms with Gasteiger partial charge in [0.15, 0.2) is 0 Å². The van der Waals surface area contributed by atoms with Crippen molar-refractivity contribution in [3.05, 3.63) is 35.6 Å². The highest BCUT2D eigenvalue weighted by Gasteiger charge is 2.19. The molecule has 17 heavy (non-hydrogen) atoms. The fourth-order valence-electron chi connectivity index (χ4n) is 1.64. The Morgan fingerprint density at radius 1 is 1.29 bits per heavy atom. The van der Waals surface area contributed by atoms with Gasteiger partial charge in [-0.2, -0.15) is 0 Å². The summed E-state index contributed by atoms with van der Waals surface area (Å²) in [6, 6.07) is 6.31. The molecule has 96 valence electrons. The Kier molecular flexibility index (Phi) is 6.11. The second kappa shape index (κ2) is 7.37. The Balaban J connectivity index is 2.63. The Morgan fingerprint density at radius 2 is 2.00 bits per heavy atom. The molecule has 0 aliphatic heterocycles. The minimum atomic E-state index is -0.409. The highest BCUT2D eigenvalue weighted by Crippen LogP contribution is 2.23. The standard InChI is InChI=1S/C13H20FNO2/c1-10(15)13(17-9-5-8-16-2)11-6-3-4-7-12(11)14/h3-4,6-7,10,13H,5,8-9,15H2,1-2H3. The molecule has 2 atom stereocenters. The molecule has 0 radical (unpaired) electrons. The van der Waals surface area contributed by atoms with Gasteiger partial charge in [0.25, 0.3) is 0 Å². The summed E-state index contributed by atoms with van der Waals surface area (Å²) in [5.74, 6) is -0.276. The summed E-state index contributed by atoms with van der Waals surface area (Å²) in [6.45, 7) is 2.95. The molecule has 0 spiro atoms. The van der Waals surface area contributed by atoms with Crippen molar-refractivity contribution in [2.24, 2.45) is 5.73 Å². The Morgan fingerprint density at radius 3 is 2.59 bits per heavy atom. The van der Waals surface area contributed by atoms with Gasteiger partial charge in [0.2, 0.25) is 0 Å². The third-order valence-corrected chi connectivity index (χ3v) is 2.48. The molecule has 4 heteroatoms. The maximum atomic E-state index is 13.6. The molecule has 0 saturated carbocycles. The van der Waals surface area contributed by atoms with Gasteiger partial charge >= 0.3 is 0 Å². The molecule has 3 nitrogen and oxygen atoms in total. The van der Waals surface area contributed by atoms with Crippen LogP contribution >= 0.6 is 0 Å². The van der Waals surface area contributed by atoms with Gasteiger partial charge in [0, 0.05) is 31.9 Å². The molecule has 0 bridgehead atoms. The van der Waals surface area contributed by atoms with Crippen molar-refractivity contribution < 1.29 is 13.9 Å². The molecule has 0 aliphatic rings. The number of ether oxygens (including phenoxy) is 2. The smallest absolute Gasteiger partial charge is 0.129 e. The maximum Gasteiger partial charge on any atom is 0.129 e. The number of hydrogen-bond acceptors (Lipinski definition) is 3. The van der Waals surface area contributed by atoms with Crippen LogP contribution in [0.25, 0.3) is 0 Å². The second-order valence-corrected chi connectivity index (χ2v) is 4.02. The molecule has 0 amide bonds. The summed E-state index contributed by atoms with van der Waals surface area (Å²) >= 11 is 0. The van der Waals surface area contributed by atoms with Crippen LogP contribution in [0.4, 0.5) is 4.39 Å². The van der Waals surface area contributed by atoms with Gasteiger partial charge < -0.3 is 15.2 Å². The van der Waals surface area contributed by atoms with E-state index in [1.807, 2.05) is 6.92 Å². The van der Waals surface area contributed by atoms with Crippen LogP contribution in [0.5, 0.6) is 0 Å². The predicted molar refractivity (Wildman–Crippen MR) is 65.2 cm³/mol. The van der Waals surface area contributed by atoms with Crippen molar-refractivity contribution in [3.63, 3.8) is 0 Å². The fourth-order valence-corrected chi connectivity index (χ4v) is 1.64. The van der Waals surface area contributed by atoms with E-state index < -0.39 is 6.10 Å². The maximum absolute atomic E-state index is 13.6. The molecular formula is C13H20FNO2. The topological polar surface area (TPSA) is 44.5 Å². The molecule has 1 aromatic carbocycles. The Bertz CT molecular complexity index is 331. The molecule has 0 fully saturated rings. The van der Waals surface area contributed by atoms with E-state index in [9.17, 15) is 4.39 Å². The lowest BCUT2D eigenvalue weighted by atomic mass is 10.0. The summed E-state index contributed by atoms with van der Waals surface area (Å²) in [5, 5.41) is 0. The lowest BCUT2D eigenvalue weighted by Gasteiger charge is -2.22. The number of methoxy groups -OCH3 is 1. The zero-order valence-electron chi connectivity index (χ0n) is 10.4. The van der Waals surface area contributed by atoms with Crippen LogP contribution in [0.15, 0.2) is 24.3 Å². The molecule has 0 heterocycles. The highest BCUT2D eigenvalue weighted by atomic mass is 19.1. The van der Waals surface area contributed by atoms with Gasteiger partial charge in [0.1, 0.15) is 11.9 Å². The Labute approximate surface area is 102 Å². The summed E-state index contributed by atoms with van der Waals surface area (Å²) in [6.07, 6.45) is 0.363. The van der Waals surface area contributed by atoms with Crippen molar-refractivity contribution in [3.8, 4) is 0 Å². The zero-order valence-corrected chi connectivity index (χ0v) is 10.4. The zero-order chi connectivity index (χ0) is 12.7. The fraction of sp³-hybridized carbons (Fsp3) is 0.538. The van der Waals surface area contributed by atoms with Crippen LogP contribution < -0.4 is 5.73 Å². The van der Waals surface area contributed by atoms with Crippen LogP contribution in [0.2, 0.25) is 0 Å². The molecule has 2 N–H and O–H groups in total. The van der Waals surface area contributed by atoms with Crippen LogP contribution in [-0.2, 0) is 9.47 Å². The molecule has 1 aromatic rings.